The van der Waals surface area contributed by atoms with Crippen LogP contribution >= 0.6 is 11.8 Å². The van der Waals surface area contributed by atoms with Crippen LogP contribution in [0.4, 0.5) is 0 Å². The van der Waals surface area contributed by atoms with E-state index >= 15 is 0 Å². The quantitative estimate of drug-likeness (QED) is 0.443. The van der Waals surface area contributed by atoms with E-state index in [1.165, 1.54) is 23.6 Å². The van der Waals surface area contributed by atoms with Crippen molar-refractivity contribution in [3.05, 3.63) is 22.3 Å². The summed E-state index contributed by atoms with van der Waals surface area (Å²) in [6.07, 6.45) is 2.30. The standard InChI is InChI=1S/C13H16N2O4S/c1-3-8-9-6-10(20-5-4-14-7(2)16)11(13(18)19)15(9)12(8)17/h3,9H,4-6H2,1-2H3,(H,14,16)(H,18,19)/b8-3-/t9-/m1/s1. The maximum absolute atomic E-state index is 11.8. The monoisotopic (exact) mass is 296 g/mol. The number of nitrogens with one attached hydrogen (secondary N) is 1. The third-order valence-electron chi connectivity index (χ3n) is 3.29. The number of β-lactam (4-membered cyclic amide) rings is 1. The number of aliphatic carboxylic acids is 1. The molecule has 6 nitrogen and oxygen atoms in total. The lowest BCUT2D eigenvalue weighted by molar-refractivity contribution is -0.142. The molecule has 1 saturated heterocycles. The third kappa shape index (κ3) is 2.45. The van der Waals surface area contributed by atoms with Crippen LogP contribution < -0.4 is 5.32 Å². The molecule has 0 radical (unpaired) electrons. The molecule has 0 aliphatic carbocycles. The first-order valence-corrected chi connectivity index (χ1v) is 7.29. The highest BCUT2D eigenvalue weighted by Gasteiger charge is 2.51. The molecule has 0 spiro atoms. The van der Waals surface area contributed by atoms with Crippen LogP contribution in [0.1, 0.15) is 20.3 Å². The molecule has 1 fully saturated rings. The minimum absolute atomic E-state index is 0.0958. The number of rotatable bonds is 5. The van der Waals surface area contributed by atoms with E-state index in [1.807, 2.05) is 0 Å². The average molecular weight is 296 g/mol. The van der Waals surface area contributed by atoms with Gasteiger partial charge in [0, 0.05) is 36.1 Å². The van der Waals surface area contributed by atoms with Crippen LogP contribution in [0.3, 0.4) is 0 Å². The van der Waals surface area contributed by atoms with Crippen LogP contribution in [0.2, 0.25) is 0 Å². The number of allylic oxidation sites excluding steroid dienone is 1. The van der Waals surface area contributed by atoms with Gasteiger partial charge in [-0.25, -0.2) is 4.79 Å². The van der Waals surface area contributed by atoms with E-state index in [0.29, 0.717) is 29.2 Å². The minimum atomic E-state index is -1.07. The summed E-state index contributed by atoms with van der Waals surface area (Å²) in [6, 6.07) is -0.123. The highest BCUT2D eigenvalue weighted by atomic mass is 32.2. The summed E-state index contributed by atoms with van der Waals surface area (Å²) in [5.41, 5.74) is 0.777. The number of fused-ring (bicyclic) bond motifs is 1. The van der Waals surface area contributed by atoms with Crippen LogP contribution in [-0.4, -0.2) is 46.1 Å². The fraction of sp³-hybridized carbons (Fsp3) is 0.462. The van der Waals surface area contributed by atoms with Gasteiger partial charge in [-0.3, -0.25) is 14.5 Å². The molecule has 0 unspecified atom stereocenters. The Hall–Kier alpha value is -1.76. The lowest BCUT2D eigenvalue weighted by Gasteiger charge is -2.37. The Morgan fingerprint density at radius 1 is 1.55 bits per heavy atom. The molecule has 2 rings (SSSR count). The van der Waals surface area contributed by atoms with Crippen molar-refractivity contribution in [1.29, 1.82) is 0 Å². The van der Waals surface area contributed by atoms with Crippen molar-refractivity contribution in [2.45, 2.75) is 26.3 Å². The van der Waals surface area contributed by atoms with Gasteiger partial charge in [-0.2, -0.15) is 0 Å². The topological polar surface area (TPSA) is 86.7 Å². The number of nitrogens with zero attached hydrogens (tertiary/aromatic N) is 1. The van der Waals surface area contributed by atoms with Crippen molar-refractivity contribution in [1.82, 2.24) is 10.2 Å². The SMILES string of the molecule is C/C=C1\C(=O)N2C(C(=O)O)=C(SCCNC(C)=O)C[C@H]12. The normalized spacial score (nSPS) is 22.9. The number of amides is 2. The molecule has 2 aliphatic rings. The Morgan fingerprint density at radius 2 is 2.25 bits per heavy atom. The average Bonchev–Trinajstić information content (AvgIpc) is 2.70. The van der Waals surface area contributed by atoms with Gasteiger partial charge in [-0.1, -0.05) is 6.08 Å². The van der Waals surface area contributed by atoms with E-state index in [0.717, 1.165) is 0 Å². The summed E-state index contributed by atoms with van der Waals surface area (Å²) in [6.45, 7) is 3.70. The van der Waals surface area contributed by atoms with E-state index in [2.05, 4.69) is 5.32 Å². The lowest BCUT2D eigenvalue weighted by atomic mass is 9.94. The van der Waals surface area contributed by atoms with Gasteiger partial charge >= 0.3 is 5.97 Å². The molecule has 7 heteroatoms. The minimum Gasteiger partial charge on any atom is -0.477 e. The highest BCUT2D eigenvalue weighted by molar-refractivity contribution is 8.03. The Bertz CT molecular complexity index is 538. The van der Waals surface area contributed by atoms with Crippen molar-refractivity contribution in [2.75, 3.05) is 12.3 Å². The number of carboxylic acid groups (broad SMARTS) is 1. The summed E-state index contributed by atoms with van der Waals surface area (Å²) in [5.74, 6) is -0.809. The number of thioether (sulfide) groups is 1. The molecular weight excluding hydrogens is 280 g/mol. The molecular formula is C13H16N2O4S. The van der Waals surface area contributed by atoms with Crippen molar-refractivity contribution >= 4 is 29.5 Å². The van der Waals surface area contributed by atoms with Gasteiger partial charge in [-0.05, 0) is 6.92 Å². The summed E-state index contributed by atoms with van der Waals surface area (Å²) in [4.78, 5) is 36.0. The molecule has 2 amide bonds. The molecule has 2 aliphatic heterocycles. The molecule has 0 saturated carbocycles. The second-order valence-electron chi connectivity index (χ2n) is 4.55. The molecule has 0 bridgehead atoms. The molecule has 0 aromatic heterocycles. The number of hydrogen-bond donors (Lipinski definition) is 2. The van der Waals surface area contributed by atoms with E-state index in [9.17, 15) is 19.5 Å². The Kier molecular flexibility index (Phi) is 4.17. The molecule has 0 aromatic rings. The van der Waals surface area contributed by atoms with Crippen LogP contribution in [0.5, 0.6) is 0 Å². The zero-order chi connectivity index (χ0) is 14.9. The predicted octanol–water partition coefficient (Wildman–Crippen LogP) is 0.713. The molecule has 1 atom stereocenters. The predicted molar refractivity (Wildman–Crippen MR) is 74.8 cm³/mol. The first kappa shape index (κ1) is 14.6. The number of carbonyl (C=O) groups excluding carboxylic acids is 2. The second-order valence-corrected chi connectivity index (χ2v) is 5.74. The van der Waals surface area contributed by atoms with Gasteiger partial charge in [0.15, 0.2) is 0 Å². The molecule has 0 aromatic carbocycles. The molecule has 2 N–H and O–H groups in total. The van der Waals surface area contributed by atoms with Crippen molar-refractivity contribution in [3.8, 4) is 0 Å². The summed E-state index contributed by atoms with van der Waals surface area (Å²) in [5, 5.41) is 11.9. The van der Waals surface area contributed by atoms with Gasteiger partial charge in [0.1, 0.15) is 5.70 Å². The van der Waals surface area contributed by atoms with E-state index in [-0.39, 0.29) is 23.6 Å². The maximum atomic E-state index is 11.8. The first-order chi connectivity index (χ1) is 9.47. The van der Waals surface area contributed by atoms with Gasteiger partial charge < -0.3 is 10.4 Å². The summed E-state index contributed by atoms with van der Waals surface area (Å²) in [7, 11) is 0. The first-order valence-electron chi connectivity index (χ1n) is 6.30. The third-order valence-corrected chi connectivity index (χ3v) is 4.40. The molecule has 20 heavy (non-hydrogen) atoms. The number of hydrogen-bond acceptors (Lipinski definition) is 4. The summed E-state index contributed by atoms with van der Waals surface area (Å²) < 4.78 is 0. The zero-order valence-corrected chi connectivity index (χ0v) is 12.1. The fourth-order valence-electron chi connectivity index (χ4n) is 2.43. The Labute approximate surface area is 120 Å². The van der Waals surface area contributed by atoms with Crippen molar-refractivity contribution in [3.63, 3.8) is 0 Å². The van der Waals surface area contributed by atoms with Crippen LogP contribution in [-0.2, 0) is 14.4 Å². The number of carboxylic acids is 1. The lowest BCUT2D eigenvalue weighted by Crippen LogP contribution is -2.52. The van der Waals surface area contributed by atoms with Gasteiger partial charge in [-0.15, -0.1) is 11.8 Å². The van der Waals surface area contributed by atoms with Gasteiger partial charge in [0.2, 0.25) is 5.91 Å². The van der Waals surface area contributed by atoms with E-state index < -0.39 is 5.97 Å². The van der Waals surface area contributed by atoms with E-state index in [4.69, 9.17) is 0 Å². The van der Waals surface area contributed by atoms with Crippen LogP contribution in [0, 0.1) is 0 Å². The second kappa shape index (κ2) is 5.70. The van der Waals surface area contributed by atoms with Gasteiger partial charge in [0.05, 0.1) is 6.04 Å². The van der Waals surface area contributed by atoms with Crippen LogP contribution in [0.15, 0.2) is 22.3 Å². The Morgan fingerprint density at radius 3 is 2.80 bits per heavy atom. The maximum Gasteiger partial charge on any atom is 0.353 e. The molecule has 108 valence electrons. The van der Waals surface area contributed by atoms with Crippen molar-refractivity contribution in [2.24, 2.45) is 0 Å². The Balaban J connectivity index is 2.06. The summed E-state index contributed by atoms with van der Waals surface area (Å²) >= 11 is 1.39. The fourth-order valence-corrected chi connectivity index (χ4v) is 3.48. The van der Waals surface area contributed by atoms with Gasteiger partial charge in [0.25, 0.3) is 5.91 Å². The van der Waals surface area contributed by atoms with Crippen molar-refractivity contribution < 1.29 is 19.5 Å². The number of carbonyl (C=O) groups is 3. The largest absolute Gasteiger partial charge is 0.477 e. The zero-order valence-electron chi connectivity index (χ0n) is 11.3. The van der Waals surface area contributed by atoms with Crippen LogP contribution in [0.25, 0.3) is 0 Å². The highest BCUT2D eigenvalue weighted by Crippen LogP contribution is 2.45. The van der Waals surface area contributed by atoms with E-state index in [1.54, 1.807) is 13.0 Å². The smallest absolute Gasteiger partial charge is 0.353 e. The molecule has 2 heterocycles.